The minimum atomic E-state index is -1.30. The van der Waals surface area contributed by atoms with Crippen LogP contribution >= 0.6 is 0 Å². The molecule has 0 spiro atoms. The van der Waals surface area contributed by atoms with Crippen molar-refractivity contribution in [3.63, 3.8) is 0 Å². The highest BCUT2D eigenvalue weighted by molar-refractivity contribution is 6.00. The lowest BCUT2D eigenvalue weighted by Gasteiger charge is -2.35. The molecule has 5 fully saturated rings. The molecular formula is C64H78N10O11. The van der Waals surface area contributed by atoms with Gasteiger partial charge in [0.25, 0.3) is 0 Å². The summed E-state index contributed by atoms with van der Waals surface area (Å²) in [5.41, 5.74) is 2.64. The third kappa shape index (κ3) is 14.8. The molecule has 0 radical (unpaired) electrons. The molecule has 0 unspecified atom stereocenters. The standard InChI is InChI=1S/C64H78N10O11/c1-39(2)54-64(85)74-34-16-26-53(74)63(84)71-31-13-23-50(71)59(80)65-40(3)55(76)66-46(35-41-17-7-4-8-18-41)57(78)69-49(38-44-27-29-45(75)30-28-44)61(82)73-33-15-25-52(73)62(83)72-32-14-24-51(72)60(81)68-47(36-42-19-9-5-10-20-42)56(77)67-48(58(79)70-54)37-43-21-11-6-12-22-43/h4-12,17-22,27-30,39-40,46-54,75H,13-16,23-26,31-38H2,1-3H3,(H,65,80)(H,66,76)(H,67,77)(H,68,81)(H,69,78)(H,70,79)/t40-,46-,47-,48-,49-,50-,51-,52-,53-,54-/m0/s1. The normalized spacial score (nSPS) is 27.2. The lowest BCUT2D eigenvalue weighted by atomic mass is 9.99. The van der Waals surface area contributed by atoms with Gasteiger partial charge in [-0.25, -0.2) is 0 Å². The molecule has 5 aliphatic rings. The maximum atomic E-state index is 15.1. The monoisotopic (exact) mass is 1160 g/mol. The molecule has 10 atom stereocenters. The molecule has 0 aliphatic carbocycles. The van der Waals surface area contributed by atoms with Gasteiger partial charge in [-0.1, -0.05) is 117 Å². The second kappa shape index (κ2) is 27.8. The SMILES string of the molecule is CC(C)[C@@H]1NC(=O)[C@H](Cc2ccccc2)NC(=O)[C@H](Cc2ccccc2)NC(=O)[C@@H]2CCCN2C(=O)[C@@H]2CCCN2C(=O)[C@H](Cc2ccc(O)cc2)NC(=O)[C@H](Cc2ccccc2)NC(=O)[C@H](C)NC(=O)[C@@H]2CCCN2C(=O)[C@@H]2CCCN2C1=O. The molecule has 85 heavy (non-hydrogen) atoms. The second-order valence-electron chi connectivity index (χ2n) is 23.4. The summed E-state index contributed by atoms with van der Waals surface area (Å²) in [6.45, 7) is 5.73. The number of fused-ring (bicyclic) bond motifs is 4. The van der Waals surface area contributed by atoms with Gasteiger partial charge in [-0.2, -0.15) is 0 Å². The van der Waals surface area contributed by atoms with E-state index < -0.39 is 125 Å². The predicted octanol–water partition coefficient (Wildman–Crippen LogP) is 2.23. The predicted molar refractivity (Wildman–Crippen MR) is 313 cm³/mol. The fraction of sp³-hybridized carbons (Fsp3) is 0.469. The number of amides is 10. The molecule has 4 aromatic rings. The van der Waals surface area contributed by atoms with Crippen LogP contribution < -0.4 is 31.9 Å². The largest absolute Gasteiger partial charge is 0.508 e. The molecule has 5 heterocycles. The molecule has 0 bridgehead atoms. The molecule has 21 nitrogen and oxygen atoms in total. The van der Waals surface area contributed by atoms with E-state index in [-0.39, 0.29) is 76.9 Å². The Kier molecular flexibility index (Phi) is 20.0. The van der Waals surface area contributed by atoms with Gasteiger partial charge in [0.05, 0.1) is 0 Å². The van der Waals surface area contributed by atoms with Crippen molar-refractivity contribution in [2.45, 2.75) is 158 Å². The number of phenolic OH excluding ortho intramolecular Hbond substituents is 1. The van der Waals surface area contributed by atoms with Crippen molar-refractivity contribution >= 4 is 59.1 Å². The summed E-state index contributed by atoms with van der Waals surface area (Å²) in [6, 6.07) is 21.5. The molecular weight excluding hydrogens is 1080 g/mol. The van der Waals surface area contributed by atoms with Crippen LogP contribution in [0, 0.1) is 5.92 Å². The number of hydrogen-bond donors (Lipinski definition) is 7. The molecule has 10 amide bonds. The third-order valence-corrected chi connectivity index (χ3v) is 17.0. The Balaban J connectivity index is 1.06. The first-order chi connectivity index (χ1) is 40.9. The van der Waals surface area contributed by atoms with Gasteiger partial charge >= 0.3 is 0 Å². The average molecular weight is 1160 g/mol. The van der Waals surface area contributed by atoms with Gasteiger partial charge in [-0.15, -0.1) is 0 Å². The number of carbonyl (C=O) groups excluding carboxylic acids is 10. The molecule has 5 saturated heterocycles. The topological polar surface area (TPSA) is 276 Å². The van der Waals surface area contributed by atoms with Crippen LogP contribution in [0.25, 0.3) is 0 Å². The van der Waals surface area contributed by atoms with Crippen molar-refractivity contribution < 1.29 is 53.1 Å². The van der Waals surface area contributed by atoms with Crippen LogP contribution in [0.1, 0.15) is 94.4 Å². The first-order valence-corrected chi connectivity index (χ1v) is 29.9. The third-order valence-electron chi connectivity index (χ3n) is 17.0. The molecule has 7 N–H and O–H groups in total. The Labute approximate surface area is 495 Å². The molecule has 21 heteroatoms. The van der Waals surface area contributed by atoms with E-state index in [1.807, 2.05) is 12.1 Å². The van der Waals surface area contributed by atoms with Crippen molar-refractivity contribution in [2.75, 3.05) is 26.2 Å². The zero-order valence-electron chi connectivity index (χ0n) is 48.5. The van der Waals surface area contributed by atoms with E-state index in [9.17, 15) is 48.3 Å². The fourth-order valence-corrected chi connectivity index (χ4v) is 12.4. The number of nitrogens with zero attached hydrogens (tertiary/aromatic N) is 4. The highest BCUT2D eigenvalue weighted by Gasteiger charge is 2.47. The van der Waals surface area contributed by atoms with Crippen LogP contribution in [0.4, 0.5) is 0 Å². The molecule has 5 aliphatic heterocycles. The van der Waals surface area contributed by atoms with Crippen molar-refractivity contribution in [2.24, 2.45) is 5.92 Å². The van der Waals surface area contributed by atoms with Crippen molar-refractivity contribution in [3.05, 3.63) is 138 Å². The van der Waals surface area contributed by atoms with Crippen LogP contribution in [0.3, 0.4) is 0 Å². The van der Waals surface area contributed by atoms with E-state index in [2.05, 4.69) is 31.9 Å². The highest BCUT2D eigenvalue weighted by atomic mass is 16.3. The Morgan fingerprint density at radius 2 is 0.706 bits per heavy atom. The average Bonchev–Trinajstić information content (AvgIpc) is 3.27. The smallest absolute Gasteiger partial charge is 0.246 e. The highest BCUT2D eigenvalue weighted by Crippen LogP contribution is 2.29. The summed E-state index contributed by atoms with van der Waals surface area (Å²) in [5, 5.41) is 27.4. The number of benzene rings is 4. The van der Waals surface area contributed by atoms with Gasteiger partial charge in [0, 0.05) is 51.9 Å². The number of carbonyl (C=O) groups is 10. The number of hydrogen-bond acceptors (Lipinski definition) is 11. The lowest BCUT2D eigenvalue weighted by molar-refractivity contribution is -0.148. The van der Waals surface area contributed by atoms with Crippen LogP contribution in [0.5, 0.6) is 5.75 Å². The molecule has 4 aromatic carbocycles. The summed E-state index contributed by atoms with van der Waals surface area (Å²) in [6.07, 6.45) is 2.80. The number of aromatic hydroxyl groups is 1. The Bertz CT molecular complexity index is 3080. The Morgan fingerprint density at radius 1 is 0.376 bits per heavy atom. The number of rotatable bonds is 9. The quantitative estimate of drug-likeness (QED) is 0.128. The summed E-state index contributed by atoms with van der Waals surface area (Å²) >= 11 is 0. The van der Waals surface area contributed by atoms with Gasteiger partial charge in [0.1, 0.15) is 66.2 Å². The van der Waals surface area contributed by atoms with Gasteiger partial charge in [0.15, 0.2) is 0 Å². The minimum Gasteiger partial charge on any atom is -0.508 e. The van der Waals surface area contributed by atoms with E-state index in [1.54, 1.807) is 105 Å². The fourth-order valence-electron chi connectivity index (χ4n) is 12.4. The molecule has 0 saturated carbocycles. The van der Waals surface area contributed by atoms with Crippen LogP contribution in [-0.2, 0) is 73.6 Å². The van der Waals surface area contributed by atoms with E-state index in [1.165, 1.54) is 38.7 Å². The maximum absolute atomic E-state index is 15.1. The molecule has 9 rings (SSSR count). The Hall–Kier alpha value is -8.62. The zero-order chi connectivity index (χ0) is 60.3. The number of phenols is 1. The van der Waals surface area contributed by atoms with Crippen molar-refractivity contribution in [3.8, 4) is 5.75 Å². The van der Waals surface area contributed by atoms with E-state index in [0.29, 0.717) is 54.4 Å². The zero-order valence-corrected chi connectivity index (χ0v) is 48.5. The van der Waals surface area contributed by atoms with Crippen molar-refractivity contribution in [1.82, 2.24) is 51.5 Å². The second-order valence-corrected chi connectivity index (χ2v) is 23.4. The van der Waals surface area contributed by atoms with Gasteiger partial charge in [-0.05, 0) is 98.6 Å². The number of nitrogens with one attached hydrogen (secondary N) is 6. The summed E-state index contributed by atoms with van der Waals surface area (Å²) in [4.78, 5) is 153. The van der Waals surface area contributed by atoms with Crippen molar-refractivity contribution in [1.29, 1.82) is 0 Å². The maximum Gasteiger partial charge on any atom is 0.246 e. The first-order valence-electron chi connectivity index (χ1n) is 29.9. The molecule has 450 valence electrons. The van der Waals surface area contributed by atoms with Crippen LogP contribution in [0.2, 0.25) is 0 Å². The summed E-state index contributed by atoms with van der Waals surface area (Å²) < 4.78 is 0. The van der Waals surface area contributed by atoms with Crippen LogP contribution in [-0.4, -0.2) is 170 Å². The van der Waals surface area contributed by atoms with E-state index in [4.69, 9.17) is 0 Å². The van der Waals surface area contributed by atoms with E-state index in [0.717, 1.165) is 0 Å². The van der Waals surface area contributed by atoms with Gasteiger partial charge in [0.2, 0.25) is 59.1 Å². The van der Waals surface area contributed by atoms with Crippen LogP contribution in [0.15, 0.2) is 115 Å². The molecule has 0 aromatic heterocycles. The lowest BCUT2D eigenvalue weighted by Crippen LogP contribution is -2.61. The summed E-state index contributed by atoms with van der Waals surface area (Å²) in [7, 11) is 0. The first kappa shape index (κ1) is 61.0. The van der Waals surface area contributed by atoms with Gasteiger partial charge < -0.3 is 56.6 Å². The van der Waals surface area contributed by atoms with E-state index >= 15 is 4.79 Å². The Morgan fingerprint density at radius 3 is 1.14 bits per heavy atom. The minimum absolute atomic E-state index is 0.00218. The van der Waals surface area contributed by atoms with Gasteiger partial charge in [-0.3, -0.25) is 47.9 Å². The summed E-state index contributed by atoms with van der Waals surface area (Å²) in [5.74, 6) is -6.57.